The van der Waals surface area contributed by atoms with Crippen molar-refractivity contribution < 1.29 is 27.7 Å². The quantitative estimate of drug-likeness (QED) is 0.167. The lowest BCUT2D eigenvalue weighted by atomic mass is 9.82. The van der Waals surface area contributed by atoms with Gasteiger partial charge in [0, 0.05) is 11.5 Å². The minimum absolute atomic E-state index is 0.0599. The van der Waals surface area contributed by atoms with Gasteiger partial charge in [-0.2, -0.15) is 8.78 Å². The zero-order valence-corrected chi connectivity index (χ0v) is 25.0. The van der Waals surface area contributed by atoms with Gasteiger partial charge in [-0.1, -0.05) is 111 Å². The highest BCUT2D eigenvalue weighted by molar-refractivity contribution is 5.38. The van der Waals surface area contributed by atoms with Crippen LogP contribution in [-0.2, 0) is 39.8 Å². The van der Waals surface area contributed by atoms with Crippen LogP contribution in [0.4, 0.5) is 8.78 Å². The molecule has 6 heteroatoms. The average Bonchev–Trinajstić information content (AvgIpc) is 3.04. The Kier molecular flexibility index (Phi) is 10.2. The monoisotopic (exact) mass is 586 g/mol. The van der Waals surface area contributed by atoms with Crippen molar-refractivity contribution >= 4 is 0 Å². The molecular formula is C37H40F2O4. The zero-order chi connectivity index (χ0) is 30.2. The van der Waals surface area contributed by atoms with Gasteiger partial charge in [-0.3, -0.25) is 0 Å². The summed E-state index contributed by atoms with van der Waals surface area (Å²) in [6, 6.07) is 33.6. The molecule has 4 nitrogen and oxygen atoms in total. The fraction of sp³-hybridized carbons (Fsp3) is 0.351. The smallest absolute Gasteiger partial charge is 0.301 e. The van der Waals surface area contributed by atoms with Crippen molar-refractivity contribution in [3.8, 4) is 5.75 Å². The summed E-state index contributed by atoms with van der Waals surface area (Å²) in [5.41, 5.74) is 3.27. The second-order valence-electron chi connectivity index (χ2n) is 11.2. The van der Waals surface area contributed by atoms with E-state index in [0.717, 1.165) is 22.4 Å². The van der Waals surface area contributed by atoms with E-state index in [1.54, 1.807) is 25.3 Å². The topological polar surface area (TPSA) is 36.9 Å². The first-order chi connectivity index (χ1) is 20.9. The number of benzene rings is 4. The Labute approximate surface area is 253 Å². The first-order valence-corrected chi connectivity index (χ1v) is 15.0. The molecular weight excluding hydrogens is 546 g/mol. The van der Waals surface area contributed by atoms with Gasteiger partial charge in [0.05, 0.1) is 32.5 Å². The third kappa shape index (κ3) is 7.32. The number of methoxy groups -OCH3 is 1. The lowest BCUT2D eigenvalue weighted by Gasteiger charge is -2.47. The van der Waals surface area contributed by atoms with Gasteiger partial charge < -0.3 is 18.9 Å². The van der Waals surface area contributed by atoms with Gasteiger partial charge in [0.15, 0.2) is 6.10 Å². The van der Waals surface area contributed by atoms with Crippen molar-refractivity contribution in [1.82, 2.24) is 0 Å². The molecule has 0 amide bonds. The van der Waals surface area contributed by atoms with E-state index in [2.05, 4.69) is 0 Å². The van der Waals surface area contributed by atoms with Crippen LogP contribution in [0.3, 0.4) is 0 Å². The molecule has 0 aliphatic carbocycles. The van der Waals surface area contributed by atoms with Crippen molar-refractivity contribution in [2.24, 2.45) is 5.92 Å². The molecule has 0 bridgehead atoms. The van der Waals surface area contributed by atoms with Crippen LogP contribution in [0.15, 0.2) is 109 Å². The van der Waals surface area contributed by atoms with Gasteiger partial charge in [0.1, 0.15) is 11.9 Å². The summed E-state index contributed by atoms with van der Waals surface area (Å²) in [5.74, 6) is -2.79. The highest BCUT2D eigenvalue weighted by Crippen LogP contribution is 2.45. The van der Waals surface area contributed by atoms with E-state index in [1.165, 1.54) is 6.07 Å². The van der Waals surface area contributed by atoms with Gasteiger partial charge in [-0.15, -0.1) is 0 Å². The predicted molar refractivity (Wildman–Crippen MR) is 164 cm³/mol. The maximum absolute atomic E-state index is 17.0. The highest BCUT2D eigenvalue weighted by atomic mass is 19.3. The summed E-state index contributed by atoms with van der Waals surface area (Å²) in [7, 11) is 1.60. The Hall–Kier alpha value is -3.58. The average molecular weight is 587 g/mol. The van der Waals surface area contributed by atoms with Gasteiger partial charge in [-0.05, 0) is 47.2 Å². The predicted octanol–water partition coefficient (Wildman–Crippen LogP) is 8.36. The van der Waals surface area contributed by atoms with Crippen LogP contribution in [0.2, 0.25) is 0 Å². The molecule has 0 spiro atoms. The van der Waals surface area contributed by atoms with Gasteiger partial charge in [-0.25, -0.2) is 0 Å². The summed E-state index contributed by atoms with van der Waals surface area (Å²) in [4.78, 5) is 0. The second kappa shape index (κ2) is 14.3. The Bertz CT molecular complexity index is 1410. The third-order valence-electron chi connectivity index (χ3n) is 8.31. The maximum atomic E-state index is 17.0. The molecule has 1 aliphatic heterocycles. The minimum atomic E-state index is -3.35. The van der Waals surface area contributed by atoms with Crippen LogP contribution >= 0.6 is 0 Å². The fourth-order valence-electron chi connectivity index (χ4n) is 5.91. The van der Waals surface area contributed by atoms with Crippen LogP contribution in [-0.4, -0.2) is 31.5 Å². The molecule has 0 unspecified atom stereocenters. The first-order valence-electron chi connectivity index (χ1n) is 15.0. The van der Waals surface area contributed by atoms with E-state index in [0.29, 0.717) is 25.0 Å². The summed E-state index contributed by atoms with van der Waals surface area (Å²) < 4.78 is 58.4. The van der Waals surface area contributed by atoms with Crippen molar-refractivity contribution in [2.75, 3.05) is 7.11 Å². The Morgan fingerprint density at radius 3 is 1.84 bits per heavy atom. The SMILES string of the molecule is CC[C@H]1O[C@@H](C(F)(F)c2ccccc2Cc2ccc(OC)cc2)[C@H](OCc2ccccc2)[C@@H](OCc2ccccc2)[C@@H]1C. The minimum Gasteiger partial charge on any atom is -0.497 e. The summed E-state index contributed by atoms with van der Waals surface area (Å²) >= 11 is 0. The van der Waals surface area contributed by atoms with E-state index in [4.69, 9.17) is 18.9 Å². The molecule has 0 radical (unpaired) electrons. The number of ether oxygens (including phenoxy) is 4. The number of hydrogen-bond acceptors (Lipinski definition) is 4. The first kappa shape index (κ1) is 30.9. The van der Waals surface area contributed by atoms with Crippen LogP contribution in [0.5, 0.6) is 5.75 Å². The second-order valence-corrected chi connectivity index (χ2v) is 11.2. The molecule has 43 heavy (non-hydrogen) atoms. The van der Waals surface area contributed by atoms with Gasteiger partial charge in [0.2, 0.25) is 0 Å². The van der Waals surface area contributed by atoms with E-state index in [1.807, 2.05) is 98.8 Å². The van der Waals surface area contributed by atoms with Crippen molar-refractivity contribution in [2.45, 2.75) is 70.2 Å². The molecule has 5 rings (SSSR count). The molecule has 4 aromatic rings. The number of rotatable bonds is 12. The lowest BCUT2D eigenvalue weighted by molar-refractivity contribution is -0.287. The molecule has 1 aliphatic rings. The van der Waals surface area contributed by atoms with Crippen LogP contribution in [0, 0.1) is 5.92 Å². The highest BCUT2D eigenvalue weighted by Gasteiger charge is 2.56. The molecule has 0 N–H and O–H groups in total. The van der Waals surface area contributed by atoms with Crippen molar-refractivity contribution in [3.63, 3.8) is 0 Å². The summed E-state index contributed by atoms with van der Waals surface area (Å²) in [6.45, 7) is 4.44. The summed E-state index contributed by atoms with van der Waals surface area (Å²) in [6.07, 6.45) is -2.65. The van der Waals surface area contributed by atoms with Gasteiger partial charge >= 0.3 is 5.92 Å². The number of alkyl halides is 2. The summed E-state index contributed by atoms with van der Waals surface area (Å²) in [5, 5.41) is 0. The number of halogens is 2. The van der Waals surface area contributed by atoms with Crippen LogP contribution in [0.1, 0.15) is 48.1 Å². The third-order valence-corrected chi connectivity index (χ3v) is 8.31. The Morgan fingerprint density at radius 1 is 0.698 bits per heavy atom. The normalized spacial score (nSPS) is 22.3. The Morgan fingerprint density at radius 2 is 1.26 bits per heavy atom. The Balaban J connectivity index is 1.49. The molecule has 1 saturated heterocycles. The molecule has 226 valence electrons. The van der Waals surface area contributed by atoms with E-state index >= 15 is 8.78 Å². The molecule has 4 aromatic carbocycles. The van der Waals surface area contributed by atoms with Crippen LogP contribution < -0.4 is 4.74 Å². The van der Waals surface area contributed by atoms with Crippen LogP contribution in [0.25, 0.3) is 0 Å². The van der Waals surface area contributed by atoms with Crippen molar-refractivity contribution in [3.05, 3.63) is 137 Å². The fourth-order valence-corrected chi connectivity index (χ4v) is 5.91. The van der Waals surface area contributed by atoms with E-state index in [9.17, 15) is 0 Å². The lowest BCUT2D eigenvalue weighted by Crippen LogP contribution is -2.60. The molecule has 1 heterocycles. The standard InChI is InChI=1S/C37H40F2O4/c1-4-33-26(2)34(41-24-28-13-7-5-8-14-28)35(42-25-29-15-9-6-10-16-29)36(43-33)37(38,39)32-18-12-11-17-30(32)23-27-19-21-31(40-3)22-20-27/h5-22,26,33-36H,4,23-25H2,1-3H3/t26-,33-,34+,35-,36-/m1/s1. The number of hydrogen-bond donors (Lipinski definition) is 0. The molecule has 5 atom stereocenters. The molecule has 1 fully saturated rings. The molecule has 0 saturated carbocycles. The van der Waals surface area contributed by atoms with Crippen molar-refractivity contribution in [1.29, 1.82) is 0 Å². The maximum Gasteiger partial charge on any atom is 0.301 e. The van der Waals surface area contributed by atoms with Gasteiger partial charge in [0.25, 0.3) is 0 Å². The molecule has 0 aromatic heterocycles. The largest absolute Gasteiger partial charge is 0.497 e. The van der Waals surface area contributed by atoms with E-state index < -0.39 is 30.3 Å². The zero-order valence-electron chi connectivity index (χ0n) is 25.0. The van der Waals surface area contributed by atoms with E-state index in [-0.39, 0.29) is 18.1 Å².